The first-order valence-electron chi connectivity index (χ1n) is 5.47. The number of benzene rings is 2. The van der Waals surface area contributed by atoms with Crippen LogP contribution in [0.3, 0.4) is 0 Å². The van der Waals surface area contributed by atoms with Crippen LogP contribution in [-0.2, 0) is 0 Å². The fourth-order valence-electron chi connectivity index (χ4n) is 2.09. The van der Waals surface area contributed by atoms with Gasteiger partial charge in [0.1, 0.15) is 0 Å². The summed E-state index contributed by atoms with van der Waals surface area (Å²) in [5.74, 6) is 0.749. The molecule has 0 atom stereocenters. The largest absolute Gasteiger partial charge is 0.423 e. The lowest BCUT2D eigenvalue weighted by atomic mass is 10.0. The molecule has 0 radical (unpaired) electrons. The lowest BCUT2D eigenvalue weighted by Gasteiger charge is -2.03. The second-order valence-electron chi connectivity index (χ2n) is 3.99. The van der Waals surface area contributed by atoms with E-state index in [9.17, 15) is 0 Å². The standard InChI is InChI=1S/C14H12N2O/c1-9-13(17-14(15)16-9)12-8-4-6-10-5-2-3-7-11(10)12/h2-8H,1H3,(H2,15,16). The van der Waals surface area contributed by atoms with Crippen molar-refractivity contribution in [2.24, 2.45) is 0 Å². The van der Waals surface area contributed by atoms with Crippen LogP contribution in [0.4, 0.5) is 6.01 Å². The van der Waals surface area contributed by atoms with Crippen LogP contribution in [0.15, 0.2) is 46.9 Å². The van der Waals surface area contributed by atoms with Crippen LogP contribution in [-0.4, -0.2) is 4.98 Å². The smallest absolute Gasteiger partial charge is 0.292 e. The van der Waals surface area contributed by atoms with Gasteiger partial charge in [0.15, 0.2) is 5.76 Å². The molecule has 1 aromatic heterocycles. The Morgan fingerprint density at radius 2 is 1.82 bits per heavy atom. The molecule has 1 heterocycles. The van der Waals surface area contributed by atoms with Gasteiger partial charge in [0.2, 0.25) is 0 Å². The summed E-state index contributed by atoms with van der Waals surface area (Å²) in [6, 6.07) is 14.5. The summed E-state index contributed by atoms with van der Waals surface area (Å²) in [4.78, 5) is 4.11. The molecule has 0 aliphatic rings. The average molecular weight is 224 g/mol. The van der Waals surface area contributed by atoms with E-state index in [4.69, 9.17) is 10.2 Å². The first kappa shape index (κ1) is 9.90. The van der Waals surface area contributed by atoms with Crippen molar-refractivity contribution in [2.45, 2.75) is 6.92 Å². The van der Waals surface area contributed by atoms with Crippen LogP contribution in [0.1, 0.15) is 5.69 Å². The number of hydrogen-bond acceptors (Lipinski definition) is 3. The minimum absolute atomic E-state index is 0.213. The molecule has 3 rings (SSSR count). The van der Waals surface area contributed by atoms with Crippen LogP contribution < -0.4 is 5.73 Å². The number of rotatable bonds is 1. The summed E-state index contributed by atoms with van der Waals surface area (Å²) in [7, 11) is 0. The van der Waals surface area contributed by atoms with Gasteiger partial charge < -0.3 is 10.2 Å². The molecule has 0 amide bonds. The van der Waals surface area contributed by atoms with E-state index in [0.29, 0.717) is 0 Å². The normalized spacial score (nSPS) is 10.9. The number of nitrogens with two attached hydrogens (primary N) is 1. The van der Waals surface area contributed by atoms with Crippen LogP contribution in [0.2, 0.25) is 0 Å². The van der Waals surface area contributed by atoms with Gasteiger partial charge >= 0.3 is 0 Å². The zero-order valence-corrected chi connectivity index (χ0v) is 9.47. The summed E-state index contributed by atoms with van der Waals surface area (Å²) < 4.78 is 5.48. The van der Waals surface area contributed by atoms with Gasteiger partial charge in [0, 0.05) is 5.56 Å². The molecule has 0 unspecified atom stereocenters. The summed E-state index contributed by atoms with van der Waals surface area (Å²) in [5.41, 5.74) is 7.43. The molecule has 0 spiro atoms. The zero-order valence-electron chi connectivity index (χ0n) is 9.47. The molecular weight excluding hydrogens is 212 g/mol. The van der Waals surface area contributed by atoms with Crippen molar-refractivity contribution in [3.8, 4) is 11.3 Å². The quantitative estimate of drug-likeness (QED) is 0.689. The van der Waals surface area contributed by atoms with Crippen molar-refractivity contribution in [3.63, 3.8) is 0 Å². The van der Waals surface area contributed by atoms with Gasteiger partial charge in [0.05, 0.1) is 5.69 Å². The third-order valence-corrected chi connectivity index (χ3v) is 2.85. The molecule has 0 saturated heterocycles. The monoisotopic (exact) mass is 224 g/mol. The van der Waals surface area contributed by atoms with E-state index in [-0.39, 0.29) is 6.01 Å². The lowest BCUT2D eigenvalue weighted by molar-refractivity contribution is 0.594. The summed E-state index contributed by atoms with van der Waals surface area (Å²) in [6.07, 6.45) is 0. The van der Waals surface area contributed by atoms with Crippen molar-refractivity contribution in [2.75, 3.05) is 5.73 Å². The maximum absolute atomic E-state index is 5.58. The van der Waals surface area contributed by atoms with Gasteiger partial charge in [-0.25, -0.2) is 0 Å². The first-order chi connectivity index (χ1) is 8.25. The van der Waals surface area contributed by atoms with Crippen molar-refractivity contribution in [1.29, 1.82) is 0 Å². The first-order valence-corrected chi connectivity index (χ1v) is 5.47. The topological polar surface area (TPSA) is 52.0 Å². The van der Waals surface area contributed by atoms with Crippen LogP contribution in [0, 0.1) is 6.92 Å². The Balaban J connectivity index is 2.34. The van der Waals surface area contributed by atoms with Gasteiger partial charge in [-0.2, -0.15) is 4.98 Å². The number of hydrogen-bond donors (Lipinski definition) is 1. The van der Waals surface area contributed by atoms with E-state index < -0.39 is 0 Å². The molecule has 2 N–H and O–H groups in total. The minimum Gasteiger partial charge on any atom is -0.423 e. The van der Waals surface area contributed by atoms with Crippen molar-refractivity contribution < 1.29 is 4.42 Å². The highest BCUT2D eigenvalue weighted by atomic mass is 16.4. The van der Waals surface area contributed by atoms with Gasteiger partial charge in [0.25, 0.3) is 6.01 Å². The maximum atomic E-state index is 5.58. The highest BCUT2D eigenvalue weighted by Gasteiger charge is 2.12. The summed E-state index contributed by atoms with van der Waals surface area (Å²) >= 11 is 0. The van der Waals surface area contributed by atoms with E-state index in [1.807, 2.05) is 31.2 Å². The number of fused-ring (bicyclic) bond motifs is 1. The number of anilines is 1. The van der Waals surface area contributed by atoms with Crippen molar-refractivity contribution in [3.05, 3.63) is 48.2 Å². The predicted molar refractivity (Wildman–Crippen MR) is 68.6 cm³/mol. The predicted octanol–water partition coefficient (Wildman–Crippen LogP) is 3.39. The van der Waals surface area contributed by atoms with Crippen molar-refractivity contribution >= 4 is 16.8 Å². The fourth-order valence-corrected chi connectivity index (χ4v) is 2.09. The van der Waals surface area contributed by atoms with Gasteiger partial charge in [-0.05, 0) is 17.7 Å². The molecule has 17 heavy (non-hydrogen) atoms. The Morgan fingerprint density at radius 3 is 2.59 bits per heavy atom. The van der Waals surface area contributed by atoms with Gasteiger partial charge in [-0.1, -0.05) is 42.5 Å². The van der Waals surface area contributed by atoms with Gasteiger partial charge in [-0.3, -0.25) is 0 Å². The Morgan fingerprint density at radius 1 is 1.06 bits per heavy atom. The number of aromatic nitrogens is 1. The van der Waals surface area contributed by atoms with Crippen molar-refractivity contribution in [1.82, 2.24) is 4.98 Å². The summed E-state index contributed by atoms with van der Waals surface area (Å²) in [5, 5.41) is 2.33. The Labute approximate surface area is 98.9 Å². The lowest BCUT2D eigenvalue weighted by Crippen LogP contribution is -1.82. The Hall–Kier alpha value is -2.29. The molecule has 0 aliphatic heterocycles. The van der Waals surface area contributed by atoms with Crippen LogP contribution >= 0.6 is 0 Å². The fraction of sp³-hybridized carbons (Fsp3) is 0.0714. The minimum atomic E-state index is 0.213. The van der Waals surface area contributed by atoms with Gasteiger partial charge in [-0.15, -0.1) is 0 Å². The summed E-state index contributed by atoms with van der Waals surface area (Å²) in [6.45, 7) is 1.90. The van der Waals surface area contributed by atoms with E-state index in [1.165, 1.54) is 5.39 Å². The number of nitrogens with zero attached hydrogens (tertiary/aromatic N) is 1. The highest BCUT2D eigenvalue weighted by molar-refractivity contribution is 5.95. The Kier molecular flexibility index (Phi) is 2.11. The maximum Gasteiger partial charge on any atom is 0.292 e. The molecule has 84 valence electrons. The van der Waals surface area contributed by atoms with E-state index in [2.05, 4.69) is 23.2 Å². The molecule has 0 bridgehead atoms. The molecular formula is C14H12N2O. The molecule has 3 aromatic rings. The van der Waals surface area contributed by atoms with E-state index in [0.717, 1.165) is 22.4 Å². The molecule has 0 aliphatic carbocycles. The zero-order chi connectivity index (χ0) is 11.8. The molecule has 2 aromatic carbocycles. The van der Waals surface area contributed by atoms with E-state index >= 15 is 0 Å². The average Bonchev–Trinajstić information content (AvgIpc) is 2.68. The molecule has 0 fully saturated rings. The van der Waals surface area contributed by atoms with Crippen LogP contribution in [0.5, 0.6) is 0 Å². The molecule has 0 saturated carbocycles. The van der Waals surface area contributed by atoms with E-state index in [1.54, 1.807) is 0 Å². The second-order valence-corrected chi connectivity index (χ2v) is 3.99. The second kappa shape index (κ2) is 3.63. The van der Waals surface area contributed by atoms with Crippen LogP contribution in [0.25, 0.3) is 22.1 Å². The number of oxazole rings is 1. The number of nitrogen functional groups attached to an aromatic ring is 1. The molecule has 3 nitrogen and oxygen atoms in total. The SMILES string of the molecule is Cc1nc(N)oc1-c1cccc2ccccc12. The molecule has 3 heteroatoms. The highest BCUT2D eigenvalue weighted by Crippen LogP contribution is 2.31. The number of aryl methyl sites for hydroxylation is 1. The Bertz CT molecular complexity index is 680. The third kappa shape index (κ3) is 1.56. The third-order valence-electron chi connectivity index (χ3n) is 2.85.